The Labute approximate surface area is 136 Å². The van der Waals surface area contributed by atoms with Crippen LogP contribution in [-0.4, -0.2) is 37.8 Å². The summed E-state index contributed by atoms with van der Waals surface area (Å²) in [6.45, 7) is 4.24. The van der Waals surface area contributed by atoms with Gasteiger partial charge in [-0.2, -0.15) is 0 Å². The van der Waals surface area contributed by atoms with Gasteiger partial charge in [-0.3, -0.25) is 4.79 Å². The molecule has 0 spiro atoms. The van der Waals surface area contributed by atoms with E-state index in [1.54, 1.807) is 6.20 Å². The average molecular weight is 310 g/mol. The number of carbonyl (C=O) groups excluding carboxylic acids is 1. The topological polar surface area (TPSA) is 64.8 Å². The maximum atomic E-state index is 12.8. The number of amides is 1. The summed E-state index contributed by atoms with van der Waals surface area (Å²) in [5.41, 5.74) is 3.60. The molecule has 0 saturated carbocycles. The van der Waals surface area contributed by atoms with Gasteiger partial charge < -0.3 is 14.9 Å². The second-order valence-electron chi connectivity index (χ2n) is 6.39. The van der Waals surface area contributed by atoms with Crippen LogP contribution in [0.3, 0.4) is 0 Å². The highest BCUT2D eigenvalue weighted by Gasteiger charge is 2.32. The van der Waals surface area contributed by atoms with Crippen molar-refractivity contribution in [2.75, 3.05) is 0 Å². The molecular weight excluding hydrogens is 288 g/mol. The number of aromatic nitrogens is 3. The molecule has 2 unspecified atom stereocenters. The van der Waals surface area contributed by atoms with Gasteiger partial charge in [0.2, 0.25) is 0 Å². The summed E-state index contributed by atoms with van der Waals surface area (Å²) in [6.07, 6.45) is 7.73. The summed E-state index contributed by atoms with van der Waals surface area (Å²) in [4.78, 5) is 25.4. The van der Waals surface area contributed by atoms with Crippen molar-refractivity contribution in [1.29, 1.82) is 0 Å². The molecule has 0 bridgehead atoms. The van der Waals surface area contributed by atoms with Gasteiger partial charge in [0.15, 0.2) is 0 Å². The smallest absolute Gasteiger partial charge is 0.270 e. The van der Waals surface area contributed by atoms with Gasteiger partial charge in [0.25, 0.3) is 5.91 Å². The lowest BCUT2D eigenvalue weighted by molar-refractivity contribution is 0.0687. The number of likely N-dealkylation sites (tertiary alicyclic amines) is 1. The van der Waals surface area contributed by atoms with Crippen LogP contribution in [0.5, 0.6) is 0 Å². The van der Waals surface area contributed by atoms with Crippen LogP contribution in [-0.2, 0) is 0 Å². The molecule has 1 saturated heterocycles. The van der Waals surface area contributed by atoms with E-state index < -0.39 is 0 Å². The number of pyridine rings is 1. The second-order valence-corrected chi connectivity index (χ2v) is 6.39. The van der Waals surface area contributed by atoms with Gasteiger partial charge in [0.05, 0.1) is 0 Å². The van der Waals surface area contributed by atoms with Gasteiger partial charge in [-0.05, 0) is 50.5 Å². The molecule has 2 atom stereocenters. The van der Waals surface area contributed by atoms with Crippen molar-refractivity contribution in [3.63, 3.8) is 0 Å². The Morgan fingerprint density at radius 1 is 1.26 bits per heavy atom. The van der Waals surface area contributed by atoms with Crippen molar-refractivity contribution in [2.45, 2.75) is 38.8 Å². The van der Waals surface area contributed by atoms with E-state index >= 15 is 0 Å². The SMILES string of the molecule is CC1CCC(C)N1C(=O)c1cc(-c2ccnc3[nH]ccc23)c[nH]1.[HH]. The third kappa shape index (κ3) is 2.23. The molecule has 120 valence electrons. The third-order valence-electron chi connectivity index (χ3n) is 4.87. The number of H-pyrrole nitrogens is 2. The highest BCUT2D eigenvalue weighted by Crippen LogP contribution is 2.29. The van der Waals surface area contributed by atoms with Crippen LogP contribution in [0.4, 0.5) is 0 Å². The number of hydrogen-bond acceptors (Lipinski definition) is 2. The first-order valence-electron chi connectivity index (χ1n) is 8.08. The zero-order chi connectivity index (χ0) is 16.0. The van der Waals surface area contributed by atoms with E-state index in [4.69, 9.17) is 0 Å². The molecule has 3 aromatic rings. The second kappa shape index (κ2) is 5.26. The lowest BCUT2D eigenvalue weighted by Crippen LogP contribution is -2.38. The summed E-state index contributed by atoms with van der Waals surface area (Å²) in [6, 6.07) is 6.55. The standard InChI is InChI=1S/C18H20N4O.H2/c1-11-3-4-12(2)22(11)18(23)16-9-13(10-21-16)14-5-7-19-17-15(14)6-8-20-17;/h5-12,21H,3-4H2,1-2H3,(H,19,20);1H. The fraction of sp³-hybridized carbons (Fsp3) is 0.333. The van der Waals surface area contributed by atoms with Gasteiger partial charge in [-0.1, -0.05) is 0 Å². The van der Waals surface area contributed by atoms with Crippen LogP contribution in [0.25, 0.3) is 22.2 Å². The van der Waals surface area contributed by atoms with Crippen molar-refractivity contribution in [2.24, 2.45) is 0 Å². The molecule has 1 aliphatic rings. The fourth-order valence-corrected chi connectivity index (χ4v) is 3.62. The van der Waals surface area contributed by atoms with E-state index in [0.717, 1.165) is 35.0 Å². The molecule has 23 heavy (non-hydrogen) atoms. The Morgan fingerprint density at radius 2 is 2.04 bits per heavy atom. The summed E-state index contributed by atoms with van der Waals surface area (Å²) in [5.74, 6) is 0.0909. The van der Waals surface area contributed by atoms with Crippen molar-refractivity contribution in [3.05, 3.63) is 42.5 Å². The number of carbonyl (C=O) groups is 1. The first kappa shape index (κ1) is 14.1. The molecule has 1 fully saturated rings. The number of fused-ring (bicyclic) bond motifs is 1. The Bertz CT molecular complexity index is 859. The molecule has 4 heterocycles. The van der Waals surface area contributed by atoms with Crippen LogP contribution in [0.2, 0.25) is 0 Å². The van der Waals surface area contributed by atoms with Crippen LogP contribution in [0.1, 0.15) is 38.6 Å². The van der Waals surface area contributed by atoms with Crippen LogP contribution >= 0.6 is 0 Å². The number of rotatable bonds is 2. The molecule has 5 nitrogen and oxygen atoms in total. The van der Waals surface area contributed by atoms with Crippen LogP contribution in [0, 0.1) is 0 Å². The first-order valence-corrected chi connectivity index (χ1v) is 8.08. The summed E-state index contributed by atoms with van der Waals surface area (Å²) in [5, 5.41) is 1.06. The molecule has 3 aromatic heterocycles. The Balaban J connectivity index is 0.00000169. The molecule has 0 radical (unpaired) electrons. The van der Waals surface area contributed by atoms with E-state index in [9.17, 15) is 4.79 Å². The quantitative estimate of drug-likeness (QED) is 0.756. The van der Waals surface area contributed by atoms with Gasteiger partial charge >= 0.3 is 0 Å². The molecule has 5 heteroatoms. The fourth-order valence-electron chi connectivity index (χ4n) is 3.62. The maximum Gasteiger partial charge on any atom is 0.270 e. The van der Waals surface area contributed by atoms with Gasteiger partial charge in [0, 0.05) is 43.1 Å². The predicted octanol–water partition coefficient (Wildman–Crippen LogP) is 3.82. The number of hydrogen-bond donors (Lipinski definition) is 2. The minimum absolute atomic E-state index is 0. The minimum Gasteiger partial charge on any atom is -0.357 e. The van der Waals surface area contributed by atoms with Crippen LogP contribution in [0.15, 0.2) is 36.8 Å². The summed E-state index contributed by atoms with van der Waals surface area (Å²) in [7, 11) is 0. The molecule has 0 aromatic carbocycles. The molecular formula is C18H22N4O. The molecule has 1 amide bonds. The third-order valence-corrected chi connectivity index (χ3v) is 4.87. The Hall–Kier alpha value is -2.56. The molecule has 4 rings (SSSR count). The first-order chi connectivity index (χ1) is 11.1. The Kier molecular flexibility index (Phi) is 3.22. The number of aromatic amines is 2. The van der Waals surface area contributed by atoms with E-state index in [0.29, 0.717) is 17.8 Å². The van der Waals surface area contributed by atoms with Crippen LogP contribution < -0.4 is 0 Å². The maximum absolute atomic E-state index is 12.8. The largest absolute Gasteiger partial charge is 0.357 e. The molecule has 1 aliphatic heterocycles. The monoisotopic (exact) mass is 310 g/mol. The molecule has 0 aliphatic carbocycles. The van der Waals surface area contributed by atoms with E-state index in [2.05, 4.69) is 28.8 Å². The van der Waals surface area contributed by atoms with Crippen molar-refractivity contribution >= 4 is 16.9 Å². The van der Waals surface area contributed by atoms with Crippen molar-refractivity contribution < 1.29 is 6.22 Å². The lowest BCUT2D eigenvalue weighted by atomic mass is 10.1. The molecule has 2 N–H and O–H groups in total. The van der Waals surface area contributed by atoms with Crippen molar-refractivity contribution in [3.8, 4) is 11.1 Å². The highest BCUT2D eigenvalue weighted by molar-refractivity contribution is 5.97. The summed E-state index contributed by atoms with van der Waals surface area (Å²) < 4.78 is 0. The highest BCUT2D eigenvalue weighted by atomic mass is 16.2. The van der Waals surface area contributed by atoms with Gasteiger partial charge in [-0.25, -0.2) is 4.98 Å². The lowest BCUT2D eigenvalue weighted by Gasteiger charge is -2.25. The van der Waals surface area contributed by atoms with Crippen molar-refractivity contribution in [1.82, 2.24) is 19.9 Å². The van der Waals surface area contributed by atoms with E-state index in [1.165, 1.54) is 0 Å². The normalized spacial score (nSPS) is 21.2. The number of nitrogens with one attached hydrogen (secondary N) is 2. The average Bonchev–Trinajstić information content (AvgIpc) is 3.26. The zero-order valence-corrected chi connectivity index (χ0v) is 13.3. The minimum atomic E-state index is 0. The number of nitrogens with zero attached hydrogens (tertiary/aromatic N) is 2. The predicted molar refractivity (Wildman–Crippen MR) is 92.3 cm³/mol. The van der Waals surface area contributed by atoms with Gasteiger partial charge in [0.1, 0.15) is 11.3 Å². The van der Waals surface area contributed by atoms with E-state index in [1.807, 2.05) is 35.5 Å². The van der Waals surface area contributed by atoms with Gasteiger partial charge in [-0.15, -0.1) is 0 Å². The Morgan fingerprint density at radius 3 is 2.83 bits per heavy atom. The summed E-state index contributed by atoms with van der Waals surface area (Å²) >= 11 is 0. The zero-order valence-electron chi connectivity index (χ0n) is 13.3. The van der Waals surface area contributed by atoms with E-state index in [-0.39, 0.29) is 7.33 Å².